The molecule has 0 radical (unpaired) electrons. The average molecular weight is 2130 g/mol. The minimum absolute atomic E-state index is 0. The molecule has 0 saturated carbocycles. The topological polar surface area (TPSA) is 50.6 Å². The Morgan fingerprint density at radius 2 is 0.564 bits per heavy atom. The van der Waals surface area contributed by atoms with Crippen molar-refractivity contribution in [3.63, 3.8) is 0 Å². The third-order valence-electron chi connectivity index (χ3n) is 32.1. The minimum atomic E-state index is 0. The van der Waals surface area contributed by atoms with Crippen molar-refractivity contribution in [1.29, 1.82) is 0 Å². The van der Waals surface area contributed by atoms with E-state index in [2.05, 4.69) is 234 Å². The van der Waals surface area contributed by atoms with E-state index in [4.69, 9.17) is 0 Å². The second-order valence-electron chi connectivity index (χ2n) is 45.6. The summed E-state index contributed by atoms with van der Waals surface area (Å²) < 4.78 is 3.14. The summed E-state index contributed by atoms with van der Waals surface area (Å²) in [6.45, 7) is 47.4. The predicted octanol–water partition coefficient (Wildman–Crippen LogP) is 49.0. The zero-order valence-electron chi connectivity index (χ0n) is 101. The first-order valence-electron chi connectivity index (χ1n) is 64.1. The van der Waals surface area contributed by atoms with Gasteiger partial charge in [-0.15, -0.1) is 0 Å². The molecule has 4 nitrogen and oxygen atoms in total. The molecule has 2 atom stereocenters. The van der Waals surface area contributed by atoms with Gasteiger partial charge in [-0.3, -0.25) is 0 Å². The van der Waals surface area contributed by atoms with Crippen molar-refractivity contribution >= 4 is 22.8 Å². The summed E-state index contributed by atoms with van der Waals surface area (Å²) in [7, 11) is 0. The Hall–Kier alpha value is -5.53. The van der Waals surface area contributed by atoms with Gasteiger partial charge in [-0.1, -0.05) is 526 Å². The number of nitrogens with zero attached hydrogens (tertiary/aromatic N) is 4. The van der Waals surface area contributed by atoms with Crippen molar-refractivity contribution in [2.24, 2.45) is 11.8 Å². The SMILES string of the molecule is C=C[CH2-].C=C[CH2-].CCCCCCCCCCCCCCC=CC1=C(c2cc(C)c(CCCC)c(C)c2)[N+](=[N-])C(c2cc(C)c(CCCC)c(C)c2)=C1C.CCCCCCCCCCCCCCCCCCCCCC(=CC(CCCCC)CCc1ccccc1C1=CC(CCCC)=C(c2ccccc2CCC(C=C(CCCCC)CCCCCCCCCCCCCCCCCCCCC)CCCCC)[N+]1=[N-])CCCCC.[Ni+2].[Ni]. The van der Waals surface area contributed by atoms with Gasteiger partial charge < -0.3 is 11.1 Å². The van der Waals surface area contributed by atoms with Crippen molar-refractivity contribution in [3.8, 4) is 0 Å². The van der Waals surface area contributed by atoms with E-state index in [9.17, 15) is 11.1 Å². The first-order chi connectivity index (χ1) is 72.0. The van der Waals surface area contributed by atoms with Crippen LogP contribution < -0.4 is 0 Å². The van der Waals surface area contributed by atoms with Gasteiger partial charge in [-0.25, -0.2) is 48.6 Å². The molecular weight excluding hydrogens is 1890 g/mol. The molecule has 0 saturated heterocycles. The number of benzene rings is 4. The maximum atomic E-state index is 12.8. The van der Waals surface area contributed by atoms with Gasteiger partial charge in [0.1, 0.15) is 0 Å². The van der Waals surface area contributed by atoms with Crippen LogP contribution in [0.4, 0.5) is 0 Å². The molecule has 0 fully saturated rings. The standard InChI is InChI=1S/C92H160N2.C45H68N2.2C3H5.2Ni/c1-8-15-22-24-26-28-30-32-34-36-38-40-42-44-46-48-50-52-58-68-82(64-54-17-10-3)79-84(66-56-19-12-5)75-77-86-71-60-62-73-89(86)91-81-88(70-21-14-7)92(94(91)93)90-74-63-61-72-87(90)78-76-85(67-57-20-13-6)80-83(65-55-18-11-4)69-59-53-51-49-47-45-43-41-39-37-35-33-31-29-27-25-23-16-9-2;1-9-12-15-16-17-18-19-20-21-22-23-24-25-26-29-43-38(8)44(39-30-34(4)41(27-13-10-2)35(5)31-39)47(46)45(43)40-32-36(6)42(28-14-11-3)37(7)33-40;2*1-3-2;;/h60-63,71-74,79-81,84-85H,8-59,64-70,75-78H2,1-7H3;26,29-33H,9-25,27-28H2,1-8H3;2*3H,1-2H2;;/q;;2*-1;;+2. The number of aryl methyl sites for hydroxylation is 6. The number of rotatable bonds is 91. The molecule has 850 valence electrons. The summed E-state index contributed by atoms with van der Waals surface area (Å²) in [6, 6.07) is 27.5. The van der Waals surface area contributed by atoms with Gasteiger partial charge in [0, 0.05) is 56.0 Å². The smallest absolute Gasteiger partial charge is 0.493 e. The van der Waals surface area contributed by atoms with E-state index in [1.807, 2.05) is 0 Å². The fourth-order valence-corrected chi connectivity index (χ4v) is 23.0. The molecular formula is C143H238N4Ni2. The Kier molecular flexibility index (Phi) is 93.2. The molecule has 0 amide bonds. The third kappa shape index (κ3) is 64.7. The Morgan fingerprint density at radius 1 is 0.302 bits per heavy atom. The number of hydrogen-bond donors (Lipinski definition) is 0. The molecule has 0 N–H and O–H groups in total. The Bertz CT molecular complexity index is 4160. The molecule has 2 aliphatic rings. The van der Waals surface area contributed by atoms with Gasteiger partial charge in [0.15, 0.2) is 0 Å². The van der Waals surface area contributed by atoms with Gasteiger partial charge >= 0.3 is 16.5 Å². The monoisotopic (exact) mass is 2130 g/mol. The van der Waals surface area contributed by atoms with Crippen molar-refractivity contribution in [3.05, 3.63) is 248 Å². The molecule has 0 bridgehead atoms. The van der Waals surface area contributed by atoms with E-state index in [-0.39, 0.29) is 33.0 Å². The van der Waals surface area contributed by atoms with Crippen LogP contribution in [0.15, 0.2) is 156 Å². The van der Waals surface area contributed by atoms with Crippen LogP contribution in [0, 0.1) is 53.4 Å². The summed E-state index contributed by atoms with van der Waals surface area (Å²) in [5.74, 6) is 1.21. The van der Waals surface area contributed by atoms with E-state index in [1.54, 1.807) is 15.8 Å². The fraction of sp³-hybridized carbons (Fsp3) is 0.692. The zero-order valence-corrected chi connectivity index (χ0v) is 103. The van der Waals surface area contributed by atoms with Gasteiger partial charge in [0.2, 0.25) is 22.8 Å². The van der Waals surface area contributed by atoms with Crippen molar-refractivity contribution in [1.82, 2.24) is 0 Å². The number of hydrogen-bond acceptors (Lipinski definition) is 0. The second kappa shape index (κ2) is 98.1. The van der Waals surface area contributed by atoms with Crippen molar-refractivity contribution in [2.45, 2.75) is 630 Å². The van der Waals surface area contributed by atoms with Gasteiger partial charge in [-0.2, -0.15) is 0 Å². The maximum Gasteiger partial charge on any atom is 2.00 e. The molecule has 0 aliphatic carbocycles. The summed E-state index contributed by atoms with van der Waals surface area (Å²) in [5.41, 5.74) is 51.3. The van der Waals surface area contributed by atoms with Crippen LogP contribution in [0.1, 0.15) is 644 Å². The van der Waals surface area contributed by atoms with Gasteiger partial charge in [0.05, 0.1) is 5.57 Å². The molecule has 0 aromatic heterocycles. The van der Waals surface area contributed by atoms with E-state index >= 15 is 0 Å². The van der Waals surface area contributed by atoms with Crippen LogP contribution in [0.2, 0.25) is 0 Å². The van der Waals surface area contributed by atoms with Crippen LogP contribution in [-0.4, -0.2) is 9.39 Å². The second-order valence-corrected chi connectivity index (χ2v) is 45.6. The normalized spacial score (nSPS) is 13.1. The summed E-state index contributed by atoms with van der Waals surface area (Å²) >= 11 is 0. The Balaban J connectivity index is 0.00000168. The summed E-state index contributed by atoms with van der Waals surface area (Å²) in [4.78, 5) is 0. The fourth-order valence-electron chi connectivity index (χ4n) is 23.0. The van der Waals surface area contributed by atoms with Crippen LogP contribution in [0.25, 0.3) is 33.9 Å². The van der Waals surface area contributed by atoms with Crippen molar-refractivity contribution in [2.75, 3.05) is 0 Å². The van der Waals surface area contributed by atoms with E-state index in [0.29, 0.717) is 11.8 Å². The molecule has 6 rings (SSSR count). The van der Waals surface area contributed by atoms with Crippen molar-refractivity contribution < 1.29 is 42.4 Å². The maximum absolute atomic E-state index is 12.8. The summed E-state index contributed by atoms with van der Waals surface area (Å²) in [5, 5.41) is 0. The van der Waals surface area contributed by atoms with Crippen LogP contribution in [-0.2, 0) is 58.7 Å². The number of unbranched alkanes of at least 4 members (excludes halogenated alkanes) is 59. The molecule has 4 aromatic rings. The third-order valence-corrected chi connectivity index (χ3v) is 32.1. The Labute approximate surface area is 948 Å². The Morgan fingerprint density at radius 3 is 0.893 bits per heavy atom. The molecule has 0 spiro atoms. The van der Waals surface area contributed by atoms with E-state index in [1.165, 1.54) is 553 Å². The quantitative estimate of drug-likeness (QED) is 0.0139. The minimum Gasteiger partial charge on any atom is -0.493 e. The average Bonchev–Trinajstić information content (AvgIpc) is 1.61. The van der Waals surface area contributed by atoms with Crippen LogP contribution in [0.3, 0.4) is 0 Å². The van der Waals surface area contributed by atoms with E-state index < -0.39 is 0 Å². The van der Waals surface area contributed by atoms with Gasteiger partial charge in [0.25, 0.3) is 0 Å². The molecule has 2 heterocycles. The summed E-state index contributed by atoms with van der Waals surface area (Å²) in [6.07, 6.45) is 126. The zero-order chi connectivity index (χ0) is 107. The number of allylic oxidation sites excluding steroid dienone is 12. The first kappa shape index (κ1) is 141. The molecule has 149 heavy (non-hydrogen) atoms. The van der Waals surface area contributed by atoms with Crippen LogP contribution in [0.5, 0.6) is 0 Å². The molecule has 4 aromatic carbocycles. The van der Waals surface area contributed by atoms with Gasteiger partial charge in [-0.05, 0) is 269 Å². The van der Waals surface area contributed by atoms with E-state index in [0.717, 1.165) is 96.4 Å². The predicted molar refractivity (Wildman–Crippen MR) is 661 cm³/mol. The van der Waals surface area contributed by atoms with Crippen LogP contribution >= 0.6 is 0 Å². The largest absolute Gasteiger partial charge is 2.00 e. The first-order valence-corrected chi connectivity index (χ1v) is 64.1. The molecule has 2 aliphatic heterocycles. The molecule has 2 unspecified atom stereocenters. The molecule has 6 heteroatoms.